The van der Waals surface area contributed by atoms with Gasteiger partial charge in [-0.25, -0.2) is 0 Å². The highest BCUT2D eigenvalue weighted by Crippen LogP contribution is 2.36. The second-order valence-electron chi connectivity index (χ2n) is 3.51. The minimum Gasteiger partial charge on any atom is -0.506 e. The summed E-state index contributed by atoms with van der Waals surface area (Å²) in [5.41, 5.74) is 1.10. The summed E-state index contributed by atoms with van der Waals surface area (Å²) in [7, 11) is 0. The Kier molecular flexibility index (Phi) is 4.07. The number of phenols is 1. The van der Waals surface area contributed by atoms with Crippen LogP contribution in [0.3, 0.4) is 0 Å². The fourth-order valence-corrected chi connectivity index (χ4v) is 2.51. The van der Waals surface area contributed by atoms with E-state index in [4.69, 9.17) is 4.74 Å². The summed E-state index contributed by atoms with van der Waals surface area (Å²) in [4.78, 5) is 0. The van der Waals surface area contributed by atoms with Crippen LogP contribution in [0.4, 0.5) is 0 Å². The number of benzene rings is 2. The van der Waals surface area contributed by atoms with E-state index in [1.165, 1.54) is 0 Å². The van der Waals surface area contributed by atoms with Crippen LogP contribution < -0.4 is 4.74 Å². The van der Waals surface area contributed by atoms with E-state index in [2.05, 4.69) is 31.9 Å². The van der Waals surface area contributed by atoms with Gasteiger partial charge in [-0.1, -0.05) is 30.3 Å². The van der Waals surface area contributed by atoms with Gasteiger partial charge < -0.3 is 9.84 Å². The molecule has 0 atom stereocenters. The van der Waals surface area contributed by atoms with Crippen molar-refractivity contribution < 1.29 is 9.84 Å². The molecule has 0 saturated heterocycles. The first kappa shape index (κ1) is 12.5. The molecule has 0 radical (unpaired) electrons. The van der Waals surface area contributed by atoms with E-state index < -0.39 is 0 Å². The van der Waals surface area contributed by atoms with Crippen molar-refractivity contribution in [3.8, 4) is 11.5 Å². The average Bonchev–Trinajstić information content (AvgIpc) is 2.34. The Balaban J connectivity index is 2.10. The highest BCUT2D eigenvalue weighted by molar-refractivity contribution is 9.11. The summed E-state index contributed by atoms with van der Waals surface area (Å²) in [6, 6.07) is 13.4. The van der Waals surface area contributed by atoms with Crippen LogP contribution in [-0.4, -0.2) is 5.11 Å². The molecule has 0 unspecified atom stereocenters. The number of phenolic OH excluding ortho intramolecular Hbond substituents is 1. The molecule has 0 aromatic heterocycles. The lowest BCUT2D eigenvalue weighted by Gasteiger charge is -2.08. The third kappa shape index (κ3) is 3.23. The van der Waals surface area contributed by atoms with Gasteiger partial charge in [-0.05, 0) is 49.6 Å². The number of rotatable bonds is 3. The molecule has 88 valence electrons. The van der Waals surface area contributed by atoms with Crippen LogP contribution in [0.1, 0.15) is 5.56 Å². The summed E-state index contributed by atoms with van der Waals surface area (Å²) >= 11 is 6.53. The van der Waals surface area contributed by atoms with E-state index in [9.17, 15) is 5.11 Å². The van der Waals surface area contributed by atoms with Gasteiger partial charge in [0.2, 0.25) is 0 Å². The number of ether oxygens (including phenoxy) is 1. The first-order valence-corrected chi connectivity index (χ1v) is 6.60. The molecular formula is C13H10Br2O2. The van der Waals surface area contributed by atoms with Gasteiger partial charge in [0.05, 0.1) is 8.95 Å². The van der Waals surface area contributed by atoms with Gasteiger partial charge in [-0.3, -0.25) is 0 Å². The maximum atomic E-state index is 9.57. The molecular weight excluding hydrogens is 348 g/mol. The highest BCUT2D eigenvalue weighted by Gasteiger charge is 2.06. The Bertz CT molecular complexity index is 489. The van der Waals surface area contributed by atoms with Gasteiger partial charge in [0.25, 0.3) is 0 Å². The maximum absolute atomic E-state index is 9.57. The average molecular weight is 358 g/mol. The molecule has 0 aliphatic heterocycles. The van der Waals surface area contributed by atoms with Crippen LogP contribution >= 0.6 is 31.9 Å². The smallest absolute Gasteiger partial charge is 0.144 e. The van der Waals surface area contributed by atoms with Crippen molar-refractivity contribution >= 4 is 31.9 Å². The quantitative estimate of drug-likeness (QED) is 0.876. The third-order valence-electron chi connectivity index (χ3n) is 2.24. The number of hydrogen-bond donors (Lipinski definition) is 1. The van der Waals surface area contributed by atoms with Crippen LogP contribution in [0, 0.1) is 0 Å². The molecule has 1 N–H and O–H groups in total. The zero-order valence-electron chi connectivity index (χ0n) is 8.86. The molecule has 0 amide bonds. The SMILES string of the molecule is Oc1c(Br)cc(OCc2ccccc2)cc1Br. The topological polar surface area (TPSA) is 29.5 Å². The maximum Gasteiger partial charge on any atom is 0.144 e. The fourth-order valence-electron chi connectivity index (χ4n) is 1.37. The summed E-state index contributed by atoms with van der Waals surface area (Å²) in [6.45, 7) is 0.504. The van der Waals surface area contributed by atoms with Crippen molar-refractivity contribution in [1.82, 2.24) is 0 Å². The largest absolute Gasteiger partial charge is 0.506 e. The Hall–Kier alpha value is -1.00. The third-order valence-corrected chi connectivity index (χ3v) is 3.45. The van der Waals surface area contributed by atoms with Crippen molar-refractivity contribution in [3.05, 3.63) is 57.0 Å². The summed E-state index contributed by atoms with van der Waals surface area (Å²) in [5.74, 6) is 0.877. The molecule has 0 saturated carbocycles. The Morgan fingerprint density at radius 2 is 1.59 bits per heavy atom. The van der Waals surface area contributed by atoms with E-state index in [-0.39, 0.29) is 5.75 Å². The normalized spacial score (nSPS) is 10.2. The molecule has 0 spiro atoms. The molecule has 0 bridgehead atoms. The predicted molar refractivity (Wildman–Crippen MR) is 74.3 cm³/mol. The van der Waals surface area contributed by atoms with Crippen LogP contribution in [-0.2, 0) is 6.61 Å². The van der Waals surface area contributed by atoms with Gasteiger partial charge >= 0.3 is 0 Å². The minimum atomic E-state index is 0.178. The van der Waals surface area contributed by atoms with Crippen LogP contribution in [0.25, 0.3) is 0 Å². The lowest BCUT2D eigenvalue weighted by molar-refractivity contribution is 0.305. The molecule has 0 aliphatic rings. The molecule has 2 rings (SSSR count). The fraction of sp³-hybridized carbons (Fsp3) is 0.0769. The molecule has 0 fully saturated rings. The molecule has 2 aromatic carbocycles. The van der Waals surface area contributed by atoms with Crippen LogP contribution in [0.5, 0.6) is 11.5 Å². The zero-order valence-corrected chi connectivity index (χ0v) is 12.0. The summed E-state index contributed by atoms with van der Waals surface area (Å²) < 4.78 is 6.85. The van der Waals surface area contributed by atoms with Gasteiger partial charge in [-0.2, -0.15) is 0 Å². The number of hydrogen-bond acceptors (Lipinski definition) is 2. The second kappa shape index (κ2) is 5.56. The Morgan fingerprint density at radius 1 is 1.00 bits per heavy atom. The highest BCUT2D eigenvalue weighted by atomic mass is 79.9. The van der Waals surface area contributed by atoms with Crippen molar-refractivity contribution in [1.29, 1.82) is 0 Å². The van der Waals surface area contributed by atoms with Crippen molar-refractivity contribution in [2.45, 2.75) is 6.61 Å². The predicted octanol–water partition coefficient (Wildman–Crippen LogP) is 4.50. The first-order chi connectivity index (χ1) is 8.16. The molecule has 2 nitrogen and oxygen atoms in total. The first-order valence-electron chi connectivity index (χ1n) is 5.01. The van der Waals surface area contributed by atoms with Gasteiger partial charge in [-0.15, -0.1) is 0 Å². The van der Waals surface area contributed by atoms with E-state index >= 15 is 0 Å². The standard InChI is InChI=1S/C13H10Br2O2/c14-11-6-10(7-12(15)13(11)16)17-8-9-4-2-1-3-5-9/h1-7,16H,8H2. The lowest BCUT2D eigenvalue weighted by Crippen LogP contribution is -1.95. The number of aromatic hydroxyl groups is 1. The van der Waals surface area contributed by atoms with Gasteiger partial charge in [0.1, 0.15) is 18.1 Å². The van der Waals surface area contributed by atoms with E-state index in [0.717, 1.165) is 5.56 Å². The van der Waals surface area contributed by atoms with Crippen LogP contribution in [0.2, 0.25) is 0 Å². The summed E-state index contributed by atoms with van der Waals surface area (Å²) in [5, 5.41) is 9.57. The van der Waals surface area contributed by atoms with Crippen molar-refractivity contribution in [2.75, 3.05) is 0 Å². The van der Waals surface area contributed by atoms with Crippen molar-refractivity contribution in [2.24, 2.45) is 0 Å². The second-order valence-corrected chi connectivity index (χ2v) is 5.22. The van der Waals surface area contributed by atoms with Crippen LogP contribution in [0.15, 0.2) is 51.4 Å². The van der Waals surface area contributed by atoms with Gasteiger partial charge in [0.15, 0.2) is 0 Å². The zero-order chi connectivity index (χ0) is 12.3. The van der Waals surface area contributed by atoms with Crippen molar-refractivity contribution in [3.63, 3.8) is 0 Å². The Morgan fingerprint density at radius 3 is 2.18 bits per heavy atom. The van der Waals surface area contributed by atoms with E-state index in [1.54, 1.807) is 12.1 Å². The molecule has 17 heavy (non-hydrogen) atoms. The monoisotopic (exact) mass is 356 g/mol. The molecule has 0 aliphatic carbocycles. The number of halogens is 2. The summed E-state index contributed by atoms with van der Waals surface area (Å²) in [6.07, 6.45) is 0. The molecule has 4 heteroatoms. The van der Waals surface area contributed by atoms with E-state index in [1.807, 2.05) is 30.3 Å². The minimum absolute atomic E-state index is 0.178. The van der Waals surface area contributed by atoms with Gasteiger partial charge in [0, 0.05) is 0 Å². The molecule has 0 heterocycles. The molecule has 2 aromatic rings. The lowest BCUT2D eigenvalue weighted by atomic mass is 10.2. The van der Waals surface area contributed by atoms with E-state index in [0.29, 0.717) is 21.3 Å². The Labute approximate surface area is 116 Å².